The zero-order chi connectivity index (χ0) is 14.8. The average Bonchev–Trinajstić information content (AvgIpc) is 2.23. The van der Waals surface area contributed by atoms with Gasteiger partial charge in [-0.05, 0) is 12.8 Å². The number of aliphatic carboxylic acids is 1. The molecule has 0 radical (unpaired) electrons. The number of Topliss-reactive ketones (excluding diaryl/α,β-unsaturated/α-hetero) is 1. The van der Waals surface area contributed by atoms with Gasteiger partial charge >= 0.3 is 5.97 Å². The molecule has 0 aromatic heterocycles. The van der Waals surface area contributed by atoms with Gasteiger partial charge in [-0.3, -0.25) is 9.59 Å². The van der Waals surface area contributed by atoms with Crippen LogP contribution in [0.5, 0.6) is 0 Å². The lowest BCUT2D eigenvalue weighted by atomic mass is 10.1. The number of carboxylic acids is 1. The van der Waals surface area contributed by atoms with E-state index in [-0.39, 0.29) is 19.3 Å². The van der Waals surface area contributed by atoms with Crippen LogP contribution in [0.3, 0.4) is 0 Å². The molecule has 0 bridgehead atoms. The summed E-state index contributed by atoms with van der Waals surface area (Å²) in [4.78, 5) is 49.3. The second-order valence-electron chi connectivity index (χ2n) is 3.47. The molecule has 0 aliphatic carbocycles. The Bertz CT molecular complexity index is 356. The van der Waals surface area contributed by atoms with Gasteiger partial charge in [0, 0.05) is 6.42 Å². The fourth-order valence-electron chi connectivity index (χ4n) is 1.22. The van der Waals surface area contributed by atoms with Crippen molar-refractivity contribution >= 4 is 11.8 Å². The Morgan fingerprint density at radius 3 is 2.32 bits per heavy atom. The van der Waals surface area contributed by atoms with Gasteiger partial charge in [-0.15, -0.1) is 20.2 Å². The molecule has 0 amide bonds. The van der Waals surface area contributed by atoms with Gasteiger partial charge in [0.25, 0.3) is 10.2 Å². The molecule has 108 valence electrons. The van der Waals surface area contributed by atoms with Crippen LogP contribution in [0.15, 0.2) is 0 Å². The molecule has 0 aliphatic heterocycles. The first-order valence-corrected chi connectivity index (χ1v) is 5.13. The van der Waals surface area contributed by atoms with Crippen molar-refractivity contribution in [3.05, 3.63) is 20.2 Å². The van der Waals surface area contributed by atoms with Gasteiger partial charge in [-0.25, -0.2) is 0 Å². The van der Waals surface area contributed by atoms with E-state index >= 15 is 0 Å². The summed E-state index contributed by atoms with van der Waals surface area (Å²) in [5, 5.41) is 26.1. The molecule has 1 atom stereocenters. The Hall–Kier alpha value is -2.46. The summed E-state index contributed by atoms with van der Waals surface area (Å²) in [6.07, 6.45) is -1.86. The normalized spacial score (nSPS) is 11.4. The molecule has 0 aromatic rings. The monoisotopic (exact) mass is 280 g/mol. The predicted molar refractivity (Wildman–Crippen MR) is 55.9 cm³/mol. The minimum atomic E-state index is -1.26. The van der Waals surface area contributed by atoms with E-state index in [1.807, 2.05) is 0 Å². The third-order valence-corrected chi connectivity index (χ3v) is 1.93. The highest BCUT2D eigenvalue weighted by Gasteiger charge is 2.16. The SMILES string of the molecule is O=C(O)CC(=O)CCCC(CO[N+](=O)[O-])O[N+](=O)[O-]. The molecule has 0 saturated heterocycles. The van der Waals surface area contributed by atoms with Crippen molar-refractivity contribution < 1.29 is 34.5 Å². The summed E-state index contributed by atoms with van der Waals surface area (Å²) in [7, 11) is 0. The Labute approximate surface area is 106 Å². The second-order valence-corrected chi connectivity index (χ2v) is 3.47. The Morgan fingerprint density at radius 1 is 1.21 bits per heavy atom. The van der Waals surface area contributed by atoms with E-state index < -0.39 is 41.1 Å². The van der Waals surface area contributed by atoms with Crippen LogP contribution in [-0.4, -0.2) is 39.7 Å². The summed E-state index contributed by atoms with van der Waals surface area (Å²) in [6.45, 7) is -0.638. The van der Waals surface area contributed by atoms with Gasteiger partial charge in [0.1, 0.15) is 24.9 Å². The molecular weight excluding hydrogens is 268 g/mol. The van der Waals surface area contributed by atoms with Crippen LogP contribution in [0.25, 0.3) is 0 Å². The fraction of sp³-hybridized carbons (Fsp3) is 0.750. The van der Waals surface area contributed by atoms with Crippen LogP contribution in [0, 0.1) is 20.2 Å². The zero-order valence-corrected chi connectivity index (χ0v) is 9.72. The number of ketones is 1. The van der Waals surface area contributed by atoms with E-state index in [1.165, 1.54) is 0 Å². The lowest BCUT2D eigenvalue weighted by Crippen LogP contribution is -2.24. The zero-order valence-electron chi connectivity index (χ0n) is 9.72. The maximum Gasteiger partial charge on any atom is 0.310 e. The van der Waals surface area contributed by atoms with Gasteiger partial charge in [0.15, 0.2) is 0 Å². The molecule has 0 aromatic carbocycles. The quantitative estimate of drug-likeness (QED) is 0.311. The number of carbonyl (C=O) groups is 2. The van der Waals surface area contributed by atoms with Crippen LogP contribution in [0.4, 0.5) is 0 Å². The summed E-state index contributed by atoms with van der Waals surface area (Å²) in [5.41, 5.74) is 0. The first kappa shape index (κ1) is 16.5. The van der Waals surface area contributed by atoms with E-state index in [0.29, 0.717) is 0 Å². The van der Waals surface area contributed by atoms with Crippen LogP contribution in [0.2, 0.25) is 0 Å². The number of nitrogens with zero attached hydrogens (tertiary/aromatic N) is 2. The highest BCUT2D eigenvalue weighted by molar-refractivity contribution is 5.94. The maximum atomic E-state index is 11.0. The lowest BCUT2D eigenvalue weighted by Gasteiger charge is -2.12. The van der Waals surface area contributed by atoms with E-state index in [2.05, 4.69) is 9.68 Å². The third-order valence-electron chi connectivity index (χ3n) is 1.93. The minimum Gasteiger partial charge on any atom is -0.481 e. The van der Waals surface area contributed by atoms with Crippen LogP contribution in [0.1, 0.15) is 25.7 Å². The summed E-state index contributed by atoms with van der Waals surface area (Å²) < 4.78 is 0. The molecule has 0 rings (SSSR count). The van der Waals surface area contributed by atoms with Crippen molar-refractivity contribution in [3.63, 3.8) is 0 Å². The Morgan fingerprint density at radius 2 is 1.84 bits per heavy atom. The smallest absolute Gasteiger partial charge is 0.310 e. The van der Waals surface area contributed by atoms with E-state index in [1.54, 1.807) is 0 Å². The van der Waals surface area contributed by atoms with E-state index in [4.69, 9.17) is 5.11 Å². The van der Waals surface area contributed by atoms with Crippen molar-refractivity contribution in [3.8, 4) is 0 Å². The maximum absolute atomic E-state index is 11.0. The molecular formula is C8H12N2O9. The number of rotatable bonds is 11. The molecule has 0 heterocycles. The van der Waals surface area contributed by atoms with Gasteiger partial charge in [0.2, 0.25) is 0 Å². The Kier molecular flexibility index (Phi) is 7.49. The van der Waals surface area contributed by atoms with E-state index in [9.17, 15) is 29.8 Å². The topological polar surface area (TPSA) is 159 Å². The molecule has 0 aliphatic rings. The third kappa shape index (κ3) is 10.4. The van der Waals surface area contributed by atoms with Crippen molar-refractivity contribution in [2.24, 2.45) is 0 Å². The van der Waals surface area contributed by atoms with Crippen LogP contribution in [-0.2, 0) is 19.3 Å². The Balaban J connectivity index is 4.03. The van der Waals surface area contributed by atoms with Crippen LogP contribution >= 0.6 is 0 Å². The largest absolute Gasteiger partial charge is 0.481 e. The second kappa shape index (κ2) is 8.60. The minimum absolute atomic E-state index is 0.0415. The number of carbonyl (C=O) groups excluding carboxylic acids is 1. The molecule has 0 saturated carbocycles. The molecule has 11 nitrogen and oxygen atoms in total. The molecule has 0 fully saturated rings. The highest BCUT2D eigenvalue weighted by Crippen LogP contribution is 2.08. The van der Waals surface area contributed by atoms with Gasteiger partial charge in [0.05, 0.1) is 0 Å². The van der Waals surface area contributed by atoms with Gasteiger partial charge in [-0.2, -0.15) is 0 Å². The molecule has 0 spiro atoms. The van der Waals surface area contributed by atoms with E-state index in [0.717, 1.165) is 0 Å². The fourth-order valence-corrected chi connectivity index (χ4v) is 1.22. The standard InChI is InChI=1S/C8H12N2O9/c11-6(4-8(12)13)2-1-3-7(19-10(16)17)5-18-9(14)15/h7H,1-5H2,(H,12,13). The van der Waals surface area contributed by atoms with Gasteiger partial charge in [-0.1, -0.05) is 0 Å². The first-order chi connectivity index (χ1) is 8.81. The summed E-state index contributed by atoms with van der Waals surface area (Å²) >= 11 is 0. The first-order valence-electron chi connectivity index (χ1n) is 5.13. The summed E-state index contributed by atoms with van der Waals surface area (Å²) in [6, 6.07) is 0. The number of hydrogen-bond acceptors (Lipinski definition) is 8. The number of carboxylic acid groups (broad SMARTS) is 1. The van der Waals surface area contributed by atoms with Crippen molar-refractivity contribution in [1.82, 2.24) is 0 Å². The predicted octanol–water partition coefficient (Wildman–Crippen LogP) is -0.0143. The molecule has 11 heteroatoms. The van der Waals surface area contributed by atoms with Gasteiger partial charge < -0.3 is 14.8 Å². The van der Waals surface area contributed by atoms with Crippen molar-refractivity contribution in [1.29, 1.82) is 0 Å². The molecule has 1 N–H and O–H groups in total. The van der Waals surface area contributed by atoms with Crippen molar-refractivity contribution in [2.75, 3.05) is 6.61 Å². The highest BCUT2D eigenvalue weighted by atomic mass is 17.0. The lowest BCUT2D eigenvalue weighted by molar-refractivity contribution is -0.790. The van der Waals surface area contributed by atoms with Crippen LogP contribution < -0.4 is 0 Å². The number of hydrogen-bond donors (Lipinski definition) is 1. The van der Waals surface area contributed by atoms with Crippen molar-refractivity contribution in [2.45, 2.75) is 31.8 Å². The average molecular weight is 280 g/mol. The summed E-state index contributed by atoms with van der Waals surface area (Å²) in [5.74, 6) is -1.80. The molecule has 19 heavy (non-hydrogen) atoms. The molecule has 1 unspecified atom stereocenters.